The predicted molar refractivity (Wildman–Crippen MR) is 76.2 cm³/mol. The number of aliphatic hydroxyl groups excluding tert-OH is 1. The molecule has 1 heterocycles. The van der Waals surface area contributed by atoms with Crippen LogP contribution in [0.2, 0.25) is 0 Å². The summed E-state index contributed by atoms with van der Waals surface area (Å²) in [6.07, 6.45) is 1.30. The van der Waals surface area contributed by atoms with E-state index in [2.05, 4.69) is 4.98 Å². The van der Waals surface area contributed by atoms with Gasteiger partial charge < -0.3 is 15.0 Å². The van der Waals surface area contributed by atoms with Crippen LogP contribution in [0.5, 0.6) is 0 Å². The second-order valence-electron chi connectivity index (χ2n) is 5.15. The van der Waals surface area contributed by atoms with Crippen LogP contribution in [0.4, 0.5) is 0 Å². The number of nitrogens with one attached hydrogen (secondary N) is 1. The van der Waals surface area contributed by atoms with Gasteiger partial charge in [-0.15, -0.1) is 0 Å². The Morgan fingerprint density at radius 1 is 1.32 bits per heavy atom. The third-order valence-electron chi connectivity index (χ3n) is 3.16. The van der Waals surface area contributed by atoms with Gasteiger partial charge in [-0.05, 0) is 32.9 Å². The van der Waals surface area contributed by atoms with Gasteiger partial charge in [0.05, 0.1) is 17.2 Å². The molecule has 0 saturated heterocycles. The number of amides is 1. The van der Waals surface area contributed by atoms with Crippen molar-refractivity contribution in [3.8, 4) is 0 Å². The van der Waals surface area contributed by atoms with Crippen LogP contribution >= 0.6 is 0 Å². The average Bonchev–Trinajstić information content (AvgIpc) is 2.82. The first-order valence-corrected chi connectivity index (χ1v) is 6.56. The SMILES string of the molecule is CC(O)CN(C(=O)c1cccc2cc[nH]c12)C(C)C. The monoisotopic (exact) mass is 260 g/mol. The van der Waals surface area contributed by atoms with Crippen molar-refractivity contribution < 1.29 is 9.90 Å². The molecule has 4 nitrogen and oxygen atoms in total. The number of hydrogen-bond donors (Lipinski definition) is 2. The van der Waals surface area contributed by atoms with Gasteiger partial charge in [-0.3, -0.25) is 4.79 Å². The summed E-state index contributed by atoms with van der Waals surface area (Å²) in [5, 5.41) is 10.6. The van der Waals surface area contributed by atoms with Crippen molar-refractivity contribution in [2.45, 2.75) is 32.9 Å². The molecule has 0 aliphatic carbocycles. The zero-order chi connectivity index (χ0) is 14.0. The number of para-hydroxylation sites is 1. The third kappa shape index (κ3) is 2.79. The van der Waals surface area contributed by atoms with Crippen molar-refractivity contribution in [3.63, 3.8) is 0 Å². The first kappa shape index (κ1) is 13.6. The highest BCUT2D eigenvalue weighted by atomic mass is 16.3. The lowest BCUT2D eigenvalue weighted by Crippen LogP contribution is -2.41. The summed E-state index contributed by atoms with van der Waals surface area (Å²) in [5.74, 6) is -0.0519. The van der Waals surface area contributed by atoms with Gasteiger partial charge in [-0.25, -0.2) is 0 Å². The highest BCUT2D eigenvalue weighted by molar-refractivity contribution is 6.05. The Morgan fingerprint density at radius 3 is 2.68 bits per heavy atom. The lowest BCUT2D eigenvalue weighted by molar-refractivity contribution is 0.0580. The van der Waals surface area contributed by atoms with Gasteiger partial charge in [0.1, 0.15) is 0 Å². The summed E-state index contributed by atoms with van der Waals surface area (Å²) >= 11 is 0. The Bertz CT molecular complexity index is 572. The van der Waals surface area contributed by atoms with Gasteiger partial charge in [0.25, 0.3) is 5.91 Å². The van der Waals surface area contributed by atoms with E-state index in [0.717, 1.165) is 10.9 Å². The molecule has 2 N–H and O–H groups in total. The van der Waals surface area contributed by atoms with Crippen LogP contribution in [-0.4, -0.2) is 39.6 Å². The number of aromatic nitrogens is 1. The van der Waals surface area contributed by atoms with Crippen LogP contribution in [0.3, 0.4) is 0 Å². The number of hydrogen-bond acceptors (Lipinski definition) is 2. The van der Waals surface area contributed by atoms with Crippen molar-refractivity contribution >= 4 is 16.8 Å². The number of fused-ring (bicyclic) bond motifs is 1. The summed E-state index contributed by atoms with van der Waals surface area (Å²) in [6, 6.07) is 7.66. The Hall–Kier alpha value is -1.81. The topological polar surface area (TPSA) is 56.3 Å². The third-order valence-corrected chi connectivity index (χ3v) is 3.16. The summed E-state index contributed by atoms with van der Waals surface area (Å²) in [4.78, 5) is 17.4. The molecule has 1 amide bonds. The molecule has 1 atom stereocenters. The van der Waals surface area contributed by atoms with E-state index in [-0.39, 0.29) is 11.9 Å². The smallest absolute Gasteiger partial charge is 0.256 e. The molecule has 0 bridgehead atoms. The average molecular weight is 260 g/mol. The van der Waals surface area contributed by atoms with Crippen molar-refractivity contribution in [3.05, 3.63) is 36.0 Å². The number of H-pyrrole nitrogens is 1. The maximum absolute atomic E-state index is 12.6. The zero-order valence-electron chi connectivity index (χ0n) is 11.6. The highest BCUT2D eigenvalue weighted by Crippen LogP contribution is 2.19. The number of aliphatic hydroxyl groups is 1. The minimum Gasteiger partial charge on any atom is -0.392 e. The van der Waals surface area contributed by atoms with Crippen LogP contribution in [0.1, 0.15) is 31.1 Å². The van der Waals surface area contributed by atoms with Crippen molar-refractivity contribution in [2.24, 2.45) is 0 Å². The fourth-order valence-corrected chi connectivity index (χ4v) is 2.23. The van der Waals surface area contributed by atoms with Gasteiger partial charge >= 0.3 is 0 Å². The maximum atomic E-state index is 12.6. The van der Waals surface area contributed by atoms with E-state index in [0.29, 0.717) is 12.1 Å². The lowest BCUT2D eigenvalue weighted by Gasteiger charge is -2.28. The molecule has 2 aromatic rings. The fourth-order valence-electron chi connectivity index (χ4n) is 2.23. The molecular weight excluding hydrogens is 240 g/mol. The van der Waals surface area contributed by atoms with Crippen LogP contribution in [0.15, 0.2) is 30.5 Å². The molecule has 1 aromatic heterocycles. The molecule has 102 valence electrons. The molecular formula is C15H20N2O2. The van der Waals surface area contributed by atoms with Gasteiger partial charge in [0.2, 0.25) is 0 Å². The lowest BCUT2D eigenvalue weighted by atomic mass is 10.1. The van der Waals surface area contributed by atoms with Crippen LogP contribution in [0, 0.1) is 0 Å². The maximum Gasteiger partial charge on any atom is 0.256 e. The van der Waals surface area contributed by atoms with E-state index < -0.39 is 6.10 Å². The van der Waals surface area contributed by atoms with E-state index in [1.807, 2.05) is 44.3 Å². The summed E-state index contributed by atoms with van der Waals surface area (Å²) in [6.45, 7) is 5.94. The summed E-state index contributed by atoms with van der Waals surface area (Å²) < 4.78 is 0. The Kier molecular flexibility index (Phi) is 3.90. The molecule has 4 heteroatoms. The number of carbonyl (C=O) groups is 1. The number of rotatable bonds is 4. The minimum absolute atomic E-state index is 0.0484. The molecule has 0 fully saturated rings. The Labute approximate surface area is 113 Å². The van der Waals surface area contributed by atoms with Crippen LogP contribution in [-0.2, 0) is 0 Å². The predicted octanol–water partition coefficient (Wildman–Crippen LogP) is 2.40. The Balaban J connectivity index is 2.38. The van der Waals surface area contributed by atoms with E-state index >= 15 is 0 Å². The zero-order valence-corrected chi connectivity index (χ0v) is 11.6. The standard InChI is InChI=1S/C15H20N2O2/c1-10(2)17(9-11(3)18)15(19)13-6-4-5-12-7-8-16-14(12)13/h4-8,10-11,16,18H,9H2,1-3H3. The number of benzene rings is 1. The van der Waals surface area contributed by atoms with Gasteiger partial charge in [-0.1, -0.05) is 12.1 Å². The molecule has 0 aliphatic heterocycles. The fraction of sp³-hybridized carbons (Fsp3) is 0.400. The van der Waals surface area contributed by atoms with E-state index in [4.69, 9.17) is 0 Å². The van der Waals surface area contributed by atoms with Gasteiger partial charge in [-0.2, -0.15) is 0 Å². The first-order valence-electron chi connectivity index (χ1n) is 6.56. The normalized spacial score (nSPS) is 12.9. The van der Waals surface area contributed by atoms with Gasteiger partial charge in [0.15, 0.2) is 0 Å². The second kappa shape index (κ2) is 5.45. The van der Waals surface area contributed by atoms with E-state index in [1.54, 1.807) is 11.8 Å². The Morgan fingerprint density at radius 2 is 2.05 bits per heavy atom. The van der Waals surface area contributed by atoms with Crippen LogP contribution < -0.4 is 0 Å². The van der Waals surface area contributed by atoms with Crippen LogP contribution in [0.25, 0.3) is 10.9 Å². The van der Waals surface area contributed by atoms with Crippen molar-refractivity contribution in [2.75, 3.05) is 6.54 Å². The summed E-state index contributed by atoms with van der Waals surface area (Å²) in [7, 11) is 0. The molecule has 19 heavy (non-hydrogen) atoms. The molecule has 0 saturated carbocycles. The minimum atomic E-state index is -0.533. The summed E-state index contributed by atoms with van der Waals surface area (Å²) in [5.41, 5.74) is 1.50. The van der Waals surface area contributed by atoms with Crippen molar-refractivity contribution in [1.82, 2.24) is 9.88 Å². The molecule has 0 spiro atoms. The highest BCUT2D eigenvalue weighted by Gasteiger charge is 2.22. The van der Waals surface area contributed by atoms with E-state index in [1.165, 1.54) is 0 Å². The number of carbonyl (C=O) groups excluding carboxylic acids is 1. The second-order valence-corrected chi connectivity index (χ2v) is 5.15. The molecule has 0 aliphatic rings. The first-order chi connectivity index (χ1) is 9.00. The molecule has 2 rings (SSSR count). The van der Waals surface area contributed by atoms with Crippen molar-refractivity contribution in [1.29, 1.82) is 0 Å². The number of nitrogens with zero attached hydrogens (tertiary/aromatic N) is 1. The largest absolute Gasteiger partial charge is 0.392 e. The quantitative estimate of drug-likeness (QED) is 0.887. The van der Waals surface area contributed by atoms with Gasteiger partial charge in [0, 0.05) is 24.2 Å². The number of aromatic amines is 1. The van der Waals surface area contributed by atoms with E-state index in [9.17, 15) is 9.90 Å². The molecule has 1 unspecified atom stereocenters. The molecule has 1 aromatic carbocycles. The molecule has 0 radical (unpaired) electrons.